The molecule has 2 aromatic rings. The molecule has 1 unspecified atom stereocenters. The van der Waals surface area contributed by atoms with E-state index in [2.05, 4.69) is 4.98 Å². The van der Waals surface area contributed by atoms with E-state index in [1.165, 1.54) is 0 Å². The Morgan fingerprint density at radius 2 is 2.00 bits per heavy atom. The summed E-state index contributed by atoms with van der Waals surface area (Å²) in [7, 11) is 0. The number of carbonyl (C=O) groups is 2. The minimum absolute atomic E-state index is 0.106. The number of aromatic carboxylic acids is 1. The molecule has 0 spiro atoms. The highest BCUT2D eigenvalue weighted by Crippen LogP contribution is 2.29. The van der Waals surface area contributed by atoms with Crippen LogP contribution >= 0.6 is 0 Å². The molecule has 0 aliphatic carbocycles. The van der Waals surface area contributed by atoms with Gasteiger partial charge in [-0.3, -0.25) is 4.79 Å². The molecule has 1 atom stereocenters. The van der Waals surface area contributed by atoms with Gasteiger partial charge in [0, 0.05) is 18.4 Å². The summed E-state index contributed by atoms with van der Waals surface area (Å²) in [4.78, 5) is 27.2. The van der Waals surface area contributed by atoms with Crippen LogP contribution in [0.2, 0.25) is 0 Å². The number of rotatable bonds is 5. The van der Waals surface area contributed by atoms with Gasteiger partial charge in [-0.1, -0.05) is 19.9 Å². The summed E-state index contributed by atoms with van der Waals surface area (Å²) in [6.07, 6.45) is 0.138. The molecule has 0 saturated carbocycles. The molecule has 1 aromatic carbocycles. The first-order valence-electron chi connectivity index (χ1n) is 6.85. The van der Waals surface area contributed by atoms with Crippen molar-refractivity contribution in [2.24, 2.45) is 5.73 Å². The predicted octanol–water partition coefficient (Wildman–Crippen LogP) is 2.29. The van der Waals surface area contributed by atoms with E-state index in [9.17, 15) is 14.7 Å². The van der Waals surface area contributed by atoms with Crippen molar-refractivity contribution in [3.05, 3.63) is 29.6 Å². The van der Waals surface area contributed by atoms with Crippen molar-refractivity contribution in [3.63, 3.8) is 0 Å². The summed E-state index contributed by atoms with van der Waals surface area (Å²) in [6, 6.07) is 4.75. The molecule has 0 radical (unpaired) electrons. The highest BCUT2D eigenvalue weighted by molar-refractivity contribution is 6.01. The molecular weight excluding hydrogens is 270 g/mol. The lowest BCUT2D eigenvalue weighted by atomic mass is 10.1. The monoisotopic (exact) mass is 289 g/mol. The van der Waals surface area contributed by atoms with E-state index in [1.54, 1.807) is 18.2 Å². The molecule has 0 aliphatic heterocycles. The van der Waals surface area contributed by atoms with Crippen LogP contribution in [0.1, 0.15) is 55.3 Å². The maximum absolute atomic E-state index is 11.5. The van der Waals surface area contributed by atoms with Crippen LogP contribution in [-0.2, 0) is 4.79 Å². The van der Waals surface area contributed by atoms with Crippen molar-refractivity contribution in [1.29, 1.82) is 0 Å². The van der Waals surface area contributed by atoms with Gasteiger partial charge in [-0.15, -0.1) is 0 Å². The summed E-state index contributed by atoms with van der Waals surface area (Å²) in [5.41, 5.74) is 6.63. The van der Waals surface area contributed by atoms with E-state index < -0.39 is 11.9 Å². The van der Waals surface area contributed by atoms with Crippen molar-refractivity contribution in [2.45, 2.75) is 39.2 Å². The van der Waals surface area contributed by atoms with Crippen molar-refractivity contribution in [1.82, 2.24) is 9.55 Å². The van der Waals surface area contributed by atoms with Gasteiger partial charge in [0.15, 0.2) is 0 Å². The van der Waals surface area contributed by atoms with Gasteiger partial charge in [0.2, 0.25) is 5.91 Å². The van der Waals surface area contributed by atoms with Gasteiger partial charge >= 0.3 is 5.97 Å². The van der Waals surface area contributed by atoms with Crippen molar-refractivity contribution < 1.29 is 14.7 Å². The van der Waals surface area contributed by atoms with E-state index in [1.807, 2.05) is 25.3 Å². The lowest BCUT2D eigenvalue weighted by Gasteiger charge is -2.18. The quantitative estimate of drug-likeness (QED) is 0.882. The summed E-state index contributed by atoms with van der Waals surface area (Å²) in [5, 5.41) is 9.39. The van der Waals surface area contributed by atoms with E-state index in [-0.39, 0.29) is 23.9 Å². The van der Waals surface area contributed by atoms with Crippen LogP contribution in [0.15, 0.2) is 18.2 Å². The smallest absolute Gasteiger partial charge is 0.337 e. The lowest BCUT2D eigenvalue weighted by molar-refractivity contribution is -0.118. The van der Waals surface area contributed by atoms with Crippen LogP contribution in [0, 0.1) is 0 Å². The second kappa shape index (κ2) is 5.55. The number of para-hydroxylation sites is 1. The number of amides is 1. The molecule has 2 rings (SSSR count). The average molecular weight is 289 g/mol. The molecule has 112 valence electrons. The van der Waals surface area contributed by atoms with Crippen LogP contribution in [0.25, 0.3) is 11.0 Å². The number of carbonyl (C=O) groups excluding carboxylic acids is 1. The number of hydrogen-bond donors (Lipinski definition) is 2. The molecule has 3 N–H and O–H groups in total. The second-order valence-electron chi connectivity index (χ2n) is 5.49. The molecule has 21 heavy (non-hydrogen) atoms. The van der Waals surface area contributed by atoms with E-state index in [4.69, 9.17) is 5.73 Å². The Balaban J connectivity index is 2.76. The summed E-state index contributed by atoms with van der Waals surface area (Å²) >= 11 is 0. The topological polar surface area (TPSA) is 98.2 Å². The van der Waals surface area contributed by atoms with Gasteiger partial charge in [-0.05, 0) is 19.1 Å². The molecule has 1 heterocycles. The number of hydrogen-bond acceptors (Lipinski definition) is 3. The Hall–Kier alpha value is -2.37. The molecule has 1 aromatic heterocycles. The number of benzene rings is 1. The zero-order valence-corrected chi connectivity index (χ0v) is 12.3. The van der Waals surface area contributed by atoms with Gasteiger partial charge in [-0.25, -0.2) is 9.78 Å². The number of primary amides is 1. The largest absolute Gasteiger partial charge is 0.478 e. The first-order valence-corrected chi connectivity index (χ1v) is 6.85. The summed E-state index contributed by atoms with van der Waals surface area (Å²) in [5.74, 6) is -0.572. The van der Waals surface area contributed by atoms with Crippen molar-refractivity contribution in [3.8, 4) is 0 Å². The molecule has 0 bridgehead atoms. The van der Waals surface area contributed by atoms with Crippen LogP contribution in [0.5, 0.6) is 0 Å². The Bertz CT molecular complexity index is 703. The lowest BCUT2D eigenvalue weighted by Crippen LogP contribution is -2.20. The molecule has 1 amide bonds. The molecule has 0 saturated heterocycles. The Morgan fingerprint density at radius 1 is 1.33 bits per heavy atom. The second-order valence-corrected chi connectivity index (χ2v) is 5.49. The minimum Gasteiger partial charge on any atom is -0.478 e. The van der Waals surface area contributed by atoms with Crippen molar-refractivity contribution in [2.75, 3.05) is 0 Å². The number of nitrogens with zero attached hydrogens (tertiary/aromatic N) is 2. The van der Waals surface area contributed by atoms with Crippen molar-refractivity contribution >= 4 is 22.9 Å². The fraction of sp³-hybridized carbons (Fsp3) is 0.400. The van der Waals surface area contributed by atoms with Crippen LogP contribution in [0.4, 0.5) is 0 Å². The van der Waals surface area contributed by atoms with Crippen LogP contribution < -0.4 is 5.73 Å². The molecule has 6 heteroatoms. The van der Waals surface area contributed by atoms with Crippen LogP contribution in [-0.4, -0.2) is 26.5 Å². The first-order chi connectivity index (χ1) is 9.82. The fourth-order valence-electron chi connectivity index (χ4n) is 2.58. The van der Waals surface area contributed by atoms with E-state index in [0.29, 0.717) is 11.0 Å². The van der Waals surface area contributed by atoms with Crippen LogP contribution in [0.3, 0.4) is 0 Å². The third-order valence-corrected chi connectivity index (χ3v) is 3.42. The molecule has 6 nitrogen and oxygen atoms in total. The normalized spacial score (nSPS) is 12.8. The van der Waals surface area contributed by atoms with Gasteiger partial charge in [0.25, 0.3) is 0 Å². The first kappa shape index (κ1) is 15.0. The maximum Gasteiger partial charge on any atom is 0.337 e. The summed E-state index contributed by atoms with van der Waals surface area (Å²) < 4.78 is 1.83. The Morgan fingerprint density at radius 3 is 2.52 bits per heavy atom. The molecule has 0 aliphatic rings. The standard InChI is InChI=1S/C15H19N3O3/c1-8(2)14-17-11-6-4-5-10(15(20)21)13(11)18(14)9(3)7-12(16)19/h4-6,8-9H,7H2,1-3H3,(H2,16,19)(H,20,21). The number of imidazole rings is 1. The average Bonchev–Trinajstić information content (AvgIpc) is 2.76. The number of nitrogens with two attached hydrogens (primary N) is 1. The number of carboxylic acids is 1. The Kier molecular flexibility index (Phi) is 3.97. The zero-order chi connectivity index (χ0) is 15.7. The highest BCUT2D eigenvalue weighted by Gasteiger charge is 2.23. The number of fused-ring (bicyclic) bond motifs is 1. The third-order valence-electron chi connectivity index (χ3n) is 3.42. The predicted molar refractivity (Wildman–Crippen MR) is 79.3 cm³/mol. The Labute approximate surface area is 122 Å². The molecular formula is C15H19N3O3. The van der Waals surface area contributed by atoms with E-state index in [0.717, 1.165) is 5.82 Å². The number of carboxylic acid groups (broad SMARTS) is 1. The number of aromatic nitrogens is 2. The fourth-order valence-corrected chi connectivity index (χ4v) is 2.58. The van der Waals surface area contributed by atoms with Gasteiger partial charge in [0.1, 0.15) is 5.82 Å². The summed E-state index contributed by atoms with van der Waals surface area (Å²) in [6.45, 7) is 5.81. The third kappa shape index (κ3) is 2.74. The van der Waals surface area contributed by atoms with Gasteiger partial charge in [0.05, 0.1) is 16.6 Å². The van der Waals surface area contributed by atoms with E-state index >= 15 is 0 Å². The zero-order valence-electron chi connectivity index (χ0n) is 12.3. The maximum atomic E-state index is 11.5. The SMILES string of the molecule is CC(C)c1nc2cccc(C(=O)O)c2n1C(C)CC(N)=O. The van der Waals surface area contributed by atoms with Gasteiger partial charge < -0.3 is 15.4 Å². The minimum atomic E-state index is -1.01. The molecule has 0 fully saturated rings. The van der Waals surface area contributed by atoms with Gasteiger partial charge in [-0.2, -0.15) is 0 Å². The highest BCUT2D eigenvalue weighted by atomic mass is 16.4.